The summed E-state index contributed by atoms with van der Waals surface area (Å²) < 4.78 is 4.69. The highest BCUT2D eigenvalue weighted by Crippen LogP contribution is 2.26. The van der Waals surface area contributed by atoms with Crippen LogP contribution in [-0.2, 0) is 4.74 Å². The minimum absolute atomic E-state index is 0.374. The van der Waals surface area contributed by atoms with Crippen LogP contribution >= 0.6 is 11.3 Å². The van der Waals surface area contributed by atoms with Crippen LogP contribution in [0.25, 0.3) is 0 Å². The lowest BCUT2D eigenvalue weighted by molar-refractivity contribution is 0.0594. The van der Waals surface area contributed by atoms with Crippen molar-refractivity contribution < 1.29 is 9.53 Å². The number of ether oxygens (including phenoxy) is 1. The third-order valence-electron chi connectivity index (χ3n) is 2.93. The molecule has 0 fully saturated rings. The van der Waals surface area contributed by atoms with Gasteiger partial charge in [-0.25, -0.2) is 9.78 Å². The van der Waals surface area contributed by atoms with Crippen molar-refractivity contribution in [3.8, 4) is 0 Å². The van der Waals surface area contributed by atoms with Gasteiger partial charge in [0.05, 0.1) is 7.11 Å². The lowest BCUT2D eigenvalue weighted by atomic mass is 10.1. The molecule has 0 aliphatic carbocycles. The van der Waals surface area contributed by atoms with Crippen molar-refractivity contribution in [2.24, 2.45) is 0 Å². The summed E-state index contributed by atoms with van der Waals surface area (Å²) >= 11 is 1.44. The predicted molar refractivity (Wildman–Crippen MR) is 77.4 cm³/mol. The van der Waals surface area contributed by atoms with Gasteiger partial charge in [-0.15, -0.1) is 11.3 Å². The van der Waals surface area contributed by atoms with Gasteiger partial charge in [-0.3, -0.25) is 0 Å². The molecule has 2 aromatic rings. The normalized spacial score (nSPS) is 10.3. The molecule has 0 radical (unpaired) electrons. The number of rotatable bonds is 3. The maximum absolute atomic E-state index is 11.5. The van der Waals surface area contributed by atoms with E-state index in [0.717, 1.165) is 10.6 Å². The molecule has 1 aromatic carbocycles. The third kappa shape index (κ3) is 2.93. The number of anilines is 2. The van der Waals surface area contributed by atoms with Crippen molar-refractivity contribution in [3.63, 3.8) is 0 Å². The molecular weight excluding hydrogens is 260 g/mol. The molecule has 0 unspecified atom stereocenters. The molecule has 0 saturated heterocycles. The summed E-state index contributed by atoms with van der Waals surface area (Å²) in [7, 11) is 1.36. The van der Waals surface area contributed by atoms with E-state index in [4.69, 9.17) is 4.74 Å². The highest BCUT2D eigenvalue weighted by atomic mass is 32.1. The van der Waals surface area contributed by atoms with Gasteiger partial charge in [0.2, 0.25) is 0 Å². The van der Waals surface area contributed by atoms with Crippen molar-refractivity contribution in [2.75, 3.05) is 12.4 Å². The number of aryl methyl sites for hydroxylation is 3. The van der Waals surface area contributed by atoms with Crippen LogP contribution in [0.2, 0.25) is 0 Å². The van der Waals surface area contributed by atoms with Gasteiger partial charge in [0.25, 0.3) is 0 Å². The quantitative estimate of drug-likeness (QED) is 0.870. The van der Waals surface area contributed by atoms with E-state index in [2.05, 4.69) is 36.3 Å². The number of nitrogens with zero attached hydrogens (tertiary/aromatic N) is 1. The zero-order valence-electron chi connectivity index (χ0n) is 11.4. The van der Waals surface area contributed by atoms with Gasteiger partial charge in [0, 0.05) is 10.6 Å². The van der Waals surface area contributed by atoms with E-state index in [9.17, 15) is 4.79 Å². The van der Waals surface area contributed by atoms with Crippen LogP contribution < -0.4 is 5.32 Å². The van der Waals surface area contributed by atoms with Crippen LogP contribution in [0.5, 0.6) is 0 Å². The monoisotopic (exact) mass is 276 g/mol. The van der Waals surface area contributed by atoms with E-state index >= 15 is 0 Å². The molecule has 0 bridgehead atoms. The number of nitrogens with one attached hydrogen (secondary N) is 1. The number of aromatic nitrogens is 1. The van der Waals surface area contributed by atoms with Gasteiger partial charge in [-0.05, 0) is 44.0 Å². The third-order valence-corrected chi connectivity index (χ3v) is 3.82. The molecule has 4 nitrogen and oxygen atoms in total. The maximum atomic E-state index is 11.5. The first-order valence-electron chi connectivity index (χ1n) is 5.91. The smallest absolute Gasteiger partial charge is 0.357 e. The minimum Gasteiger partial charge on any atom is -0.464 e. The number of carbonyl (C=O) groups excluding carboxylic acids is 1. The molecule has 2 rings (SSSR count). The van der Waals surface area contributed by atoms with Gasteiger partial charge >= 0.3 is 5.97 Å². The largest absolute Gasteiger partial charge is 0.464 e. The van der Waals surface area contributed by atoms with E-state index < -0.39 is 5.97 Å². The van der Waals surface area contributed by atoms with Gasteiger partial charge < -0.3 is 10.1 Å². The second-order valence-electron chi connectivity index (χ2n) is 4.34. The fourth-order valence-corrected chi connectivity index (χ4v) is 2.50. The number of methoxy groups -OCH3 is 1. The zero-order chi connectivity index (χ0) is 14.0. The van der Waals surface area contributed by atoms with Crippen molar-refractivity contribution in [1.29, 1.82) is 0 Å². The van der Waals surface area contributed by atoms with Crippen LogP contribution in [0.4, 0.5) is 10.8 Å². The number of carbonyl (C=O) groups is 1. The number of benzene rings is 1. The summed E-state index contributed by atoms with van der Waals surface area (Å²) in [6.45, 7) is 5.99. The molecule has 1 heterocycles. The number of hydrogen-bond acceptors (Lipinski definition) is 5. The van der Waals surface area contributed by atoms with Crippen molar-refractivity contribution in [1.82, 2.24) is 4.98 Å². The van der Waals surface area contributed by atoms with Crippen molar-refractivity contribution >= 4 is 28.1 Å². The van der Waals surface area contributed by atoms with Crippen LogP contribution in [0.15, 0.2) is 18.2 Å². The standard InChI is InChI=1S/C14H16N2O2S/c1-8-5-6-11(7-9(8)2)15-14-16-12(10(3)19-14)13(17)18-4/h5-7H,1-4H3,(H,15,16). The van der Waals surface area contributed by atoms with E-state index in [1.165, 1.54) is 29.6 Å². The number of hydrogen-bond donors (Lipinski definition) is 1. The van der Waals surface area contributed by atoms with Gasteiger partial charge in [-0.1, -0.05) is 6.07 Å². The molecule has 1 aromatic heterocycles. The Kier molecular flexibility index (Phi) is 3.85. The Bertz CT molecular complexity index is 620. The Labute approximate surface area is 116 Å². The molecule has 0 aliphatic heterocycles. The molecule has 0 atom stereocenters. The summed E-state index contributed by atoms with van der Waals surface area (Å²) in [4.78, 5) is 16.6. The molecule has 0 amide bonds. The Balaban J connectivity index is 2.24. The molecule has 1 N–H and O–H groups in total. The van der Waals surface area contributed by atoms with E-state index in [-0.39, 0.29) is 0 Å². The topological polar surface area (TPSA) is 51.2 Å². The SMILES string of the molecule is COC(=O)c1nc(Nc2ccc(C)c(C)c2)sc1C. The maximum Gasteiger partial charge on any atom is 0.357 e. The fraction of sp³-hybridized carbons (Fsp3) is 0.286. The second kappa shape index (κ2) is 5.40. The second-order valence-corrected chi connectivity index (χ2v) is 5.54. The Morgan fingerprint density at radius 2 is 2.00 bits per heavy atom. The van der Waals surface area contributed by atoms with E-state index in [0.29, 0.717) is 10.8 Å². The molecule has 19 heavy (non-hydrogen) atoms. The first kappa shape index (κ1) is 13.5. The summed E-state index contributed by atoms with van der Waals surface area (Å²) in [6, 6.07) is 6.11. The first-order chi connectivity index (χ1) is 9.01. The molecular formula is C14H16N2O2S. The van der Waals surface area contributed by atoms with Gasteiger partial charge in [0.15, 0.2) is 10.8 Å². The lowest BCUT2D eigenvalue weighted by Gasteiger charge is -2.05. The van der Waals surface area contributed by atoms with E-state index in [1.807, 2.05) is 13.0 Å². The van der Waals surface area contributed by atoms with Crippen LogP contribution in [0.3, 0.4) is 0 Å². The first-order valence-corrected chi connectivity index (χ1v) is 6.73. The van der Waals surface area contributed by atoms with Gasteiger partial charge in [0.1, 0.15) is 0 Å². The summed E-state index contributed by atoms with van der Waals surface area (Å²) in [5, 5.41) is 3.91. The highest BCUT2D eigenvalue weighted by Gasteiger charge is 2.15. The summed E-state index contributed by atoms with van der Waals surface area (Å²) in [5.74, 6) is -0.401. The average Bonchev–Trinajstić information content (AvgIpc) is 2.74. The van der Waals surface area contributed by atoms with Crippen molar-refractivity contribution in [2.45, 2.75) is 20.8 Å². The van der Waals surface area contributed by atoms with E-state index in [1.54, 1.807) is 0 Å². The zero-order valence-corrected chi connectivity index (χ0v) is 12.2. The fourth-order valence-electron chi connectivity index (χ4n) is 1.68. The van der Waals surface area contributed by atoms with Crippen LogP contribution in [-0.4, -0.2) is 18.1 Å². The summed E-state index contributed by atoms with van der Waals surface area (Å²) in [6.07, 6.45) is 0. The Morgan fingerprint density at radius 3 is 2.63 bits per heavy atom. The number of thiazole rings is 1. The predicted octanol–water partition coefficient (Wildman–Crippen LogP) is 3.60. The molecule has 0 spiro atoms. The highest BCUT2D eigenvalue weighted by molar-refractivity contribution is 7.15. The average molecular weight is 276 g/mol. The molecule has 5 heteroatoms. The minimum atomic E-state index is -0.401. The Morgan fingerprint density at radius 1 is 1.26 bits per heavy atom. The Hall–Kier alpha value is -1.88. The number of esters is 1. The molecule has 0 saturated carbocycles. The molecule has 100 valence electrons. The van der Waals surface area contributed by atoms with Crippen LogP contribution in [0.1, 0.15) is 26.5 Å². The lowest BCUT2D eigenvalue weighted by Crippen LogP contribution is -2.03. The van der Waals surface area contributed by atoms with Gasteiger partial charge in [-0.2, -0.15) is 0 Å². The van der Waals surface area contributed by atoms with Crippen molar-refractivity contribution in [3.05, 3.63) is 39.9 Å². The summed E-state index contributed by atoms with van der Waals surface area (Å²) in [5.41, 5.74) is 3.80. The molecule has 0 aliphatic rings. The van der Waals surface area contributed by atoms with Crippen LogP contribution in [0, 0.1) is 20.8 Å².